The van der Waals surface area contributed by atoms with E-state index in [0.717, 1.165) is 6.26 Å². The van der Waals surface area contributed by atoms with Gasteiger partial charge in [-0.05, 0) is 57.9 Å². The number of nitrogens with zero attached hydrogens (tertiary/aromatic N) is 2. The average molecular weight is 372 g/mol. The van der Waals surface area contributed by atoms with Crippen molar-refractivity contribution in [1.82, 2.24) is 4.90 Å². The molecule has 1 aromatic rings. The summed E-state index contributed by atoms with van der Waals surface area (Å²) in [5.41, 5.74) is -0.138. The first-order chi connectivity index (χ1) is 11.5. The number of sulfonamides is 1. The van der Waals surface area contributed by atoms with Gasteiger partial charge in [-0.1, -0.05) is 0 Å². The van der Waals surface area contributed by atoms with Crippen LogP contribution < -0.4 is 4.31 Å². The molecule has 6 nitrogen and oxygen atoms in total. The zero-order chi connectivity index (χ0) is 18.8. The summed E-state index contributed by atoms with van der Waals surface area (Å²) in [6, 6.07) is 5.11. The lowest BCUT2D eigenvalue weighted by Crippen LogP contribution is -2.49. The first-order valence-corrected chi connectivity index (χ1v) is 10.0. The van der Waals surface area contributed by atoms with E-state index in [2.05, 4.69) is 0 Å². The number of anilines is 1. The topological polar surface area (TPSA) is 66.9 Å². The minimum Gasteiger partial charge on any atom is -0.444 e. The van der Waals surface area contributed by atoms with Crippen LogP contribution in [0.4, 0.5) is 14.9 Å². The second kappa shape index (κ2) is 7.19. The summed E-state index contributed by atoms with van der Waals surface area (Å²) in [6.07, 6.45) is 1.72. The Morgan fingerprint density at radius 2 is 1.72 bits per heavy atom. The van der Waals surface area contributed by atoms with Gasteiger partial charge in [-0.3, -0.25) is 4.31 Å². The van der Waals surface area contributed by atoms with E-state index in [1.165, 1.54) is 28.6 Å². The van der Waals surface area contributed by atoms with Crippen LogP contribution in [-0.2, 0) is 14.8 Å². The van der Waals surface area contributed by atoms with Crippen molar-refractivity contribution in [1.29, 1.82) is 0 Å². The van der Waals surface area contributed by atoms with Crippen LogP contribution >= 0.6 is 0 Å². The summed E-state index contributed by atoms with van der Waals surface area (Å²) in [7, 11) is -3.52. The molecule has 0 atom stereocenters. The molecule has 1 aromatic carbocycles. The Labute approximate surface area is 148 Å². The molecule has 1 saturated heterocycles. The van der Waals surface area contributed by atoms with E-state index in [1.807, 2.05) is 0 Å². The number of benzene rings is 1. The summed E-state index contributed by atoms with van der Waals surface area (Å²) in [5.74, 6) is -0.419. The zero-order valence-corrected chi connectivity index (χ0v) is 15.8. The van der Waals surface area contributed by atoms with Gasteiger partial charge >= 0.3 is 6.09 Å². The first kappa shape index (κ1) is 19.5. The van der Waals surface area contributed by atoms with Crippen molar-refractivity contribution in [3.63, 3.8) is 0 Å². The highest BCUT2D eigenvalue weighted by molar-refractivity contribution is 7.92. The summed E-state index contributed by atoms with van der Waals surface area (Å²) < 4.78 is 44.3. The van der Waals surface area contributed by atoms with Gasteiger partial charge in [0.05, 0.1) is 11.9 Å². The van der Waals surface area contributed by atoms with Crippen LogP contribution in [0.15, 0.2) is 24.3 Å². The van der Waals surface area contributed by atoms with Gasteiger partial charge in [-0.15, -0.1) is 0 Å². The van der Waals surface area contributed by atoms with E-state index in [1.54, 1.807) is 25.7 Å². The lowest BCUT2D eigenvalue weighted by molar-refractivity contribution is 0.0208. The number of halogens is 1. The predicted molar refractivity (Wildman–Crippen MR) is 94.6 cm³/mol. The Morgan fingerprint density at radius 1 is 1.20 bits per heavy atom. The maximum Gasteiger partial charge on any atom is 0.410 e. The highest BCUT2D eigenvalue weighted by Gasteiger charge is 2.33. The minimum absolute atomic E-state index is 0.279. The molecule has 1 fully saturated rings. The van der Waals surface area contributed by atoms with Crippen molar-refractivity contribution < 1.29 is 22.3 Å². The smallest absolute Gasteiger partial charge is 0.410 e. The molecule has 0 unspecified atom stereocenters. The molecule has 0 radical (unpaired) electrons. The average Bonchev–Trinajstić information content (AvgIpc) is 2.47. The maximum atomic E-state index is 13.1. The lowest BCUT2D eigenvalue weighted by atomic mass is 10.0. The van der Waals surface area contributed by atoms with Crippen molar-refractivity contribution in [2.45, 2.75) is 45.3 Å². The SMILES string of the molecule is CC(C)(C)OC(=O)N1CCC(N(c2ccc(F)cc2)S(C)(=O)=O)CC1. The quantitative estimate of drug-likeness (QED) is 0.818. The van der Waals surface area contributed by atoms with Crippen LogP contribution in [0.25, 0.3) is 0 Å². The number of rotatable bonds is 3. The molecule has 1 amide bonds. The molecule has 0 N–H and O–H groups in total. The Bertz CT molecular complexity index is 705. The highest BCUT2D eigenvalue weighted by Crippen LogP contribution is 2.27. The standard InChI is InChI=1S/C17H25FN2O4S/c1-17(2,3)24-16(21)19-11-9-15(10-12-19)20(25(4,22)23)14-7-5-13(18)6-8-14/h5-8,15H,9-12H2,1-4H3. The van der Waals surface area contributed by atoms with Gasteiger partial charge in [0.2, 0.25) is 10.0 Å². The van der Waals surface area contributed by atoms with Crippen LogP contribution in [0.2, 0.25) is 0 Å². The fourth-order valence-corrected chi connectivity index (χ4v) is 4.13. The Kier molecular flexibility index (Phi) is 5.61. The van der Waals surface area contributed by atoms with Gasteiger partial charge in [0.1, 0.15) is 11.4 Å². The van der Waals surface area contributed by atoms with Crippen LogP contribution in [-0.4, -0.2) is 50.4 Å². The normalized spacial score (nSPS) is 16.6. The van der Waals surface area contributed by atoms with Gasteiger partial charge in [-0.25, -0.2) is 17.6 Å². The minimum atomic E-state index is -3.52. The molecule has 0 spiro atoms. The van der Waals surface area contributed by atoms with Crippen molar-refractivity contribution in [2.24, 2.45) is 0 Å². The van der Waals surface area contributed by atoms with Crippen LogP contribution in [0, 0.1) is 5.82 Å². The van der Waals surface area contributed by atoms with Gasteiger partial charge in [0, 0.05) is 19.1 Å². The number of ether oxygens (including phenoxy) is 1. The first-order valence-electron chi connectivity index (χ1n) is 8.20. The number of piperidine rings is 1. The van der Waals surface area contributed by atoms with E-state index in [0.29, 0.717) is 31.6 Å². The Morgan fingerprint density at radius 3 is 2.16 bits per heavy atom. The second-order valence-corrected chi connectivity index (χ2v) is 9.09. The molecule has 0 aromatic heterocycles. The van der Waals surface area contributed by atoms with Gasteiger partial charge in [0.25, 0.3) is 0 Å². The molecule has 2 rings (SSSR count). The van der Waals surface area contributed by atoms with Gasteiger partial charge < -0.3 is 9.64 Å². The molecular weight excluding hydrogens is 347 g/mol. The fourth-order valence-electron chi connectivity index (χ4n) is 2.87. The monoisotopic (exact) mass is 372 g/mol. The van der Waals surface area contributed by atoms with Crippen LogP contribution in [0.1, 0.15) is 33.6 Å². The molecule has 0 bridgehead atoms. The number of amides is 1. The summed E-state index contributed by atoms with van der Waals surface area (Å²) in [6.45, 7) is 6.23. The molecule has 1 heterocycles. The lowest BCUT2D eigenvalue weighted by Gasteiger charge is -2.38. The highest BCUT2D eigenvalue weighted by atomic mass is 32.2. The number of likely N-dealkylation sites (tertiary alicyclic amines) is 1. The van der Waals surface area contributed by atoms with Crippen molar-refractivity contribution in [2.75, 3.05) is 23.7 Å². The van der Waals surface area contributed by atoms with E-state index in [-0.39, 0.29) is 6.04 Å². The summed E-state index contributed by atoms with van der Waals surface area (Å²) in [5, 5.41) is 0. The van der Waals surface area contributed by atoms with Crippen molar-refractivity contribution in [3.05, 3.63) is 30.1 Å². The van der Waals surface area contributed by atoms with Crippen LogP contribution in [0.5, 0.6) is 0 Å². The van der Waals surface area contributed by atoms with E-state index < -0.39 is 27.5 Å². The predicted octanol–water partition coefficient (Wildman–Crippen LogP) is 2.99. The molecule has 0 aliphatic carbocycles. The zero-order valence-electron chi connectivity index (χ0n) is 15.0. The number of hydrogen-bond acceptors (Lipinski definition) is 4. The third-order valence-corrected chi connectivity index (χ3v) is 5.11. The molecular formula is C17H25FN2O4S. The largest absolute Gasteiger partial charge is 0.444 e. The second-order valence-electron chi connectivity index (χ2n) is 7.23. The van der Waals surface area contributed by atoms with Crippen LogP contribution in [0.3, 0.4) is 0 Å². The number of carbonyl (C=O) groups is 1. The Hall–Kier alpha value is -1.83. The molecule has 140 valence electrons. The summed E-state index contributed by atoms with van der Waals surface area (Å²) >= 11 is 0. The molecule has 1 aliphatic rings. The molecule has 0 saturated carbocycles. The van der Waals surface area contributed by atoms with Crippen molar-refractivity contribution in [3.8, 4) is 0 Å². The van der Waals surface area contributed by atoms with E-state index in [4.69, 9.17) is 4.74 Å². The van der Waals surface area contributed by atoms with E-state index in [9.17, 15) is 17.6 Å². The fraction of sp³-hybridized carbons (Fsp3) is 0.588. The third-order valence-electron chi connectivity index (χ3n) is 3.89. The molecule has 8 heteroatoms. The maximum absolute atomic E-state index is 13.1. The molecule has 1 aliphatic heterocycles. The molecule has 25 heavy (non-hydrogen) atoms. The number of hydrogen-bond donors (Lipinski definition) is 0. The summed E-state index contributed by atoms with van der Waals surface area (Å²) in [4.78, 5) is 13.7. The number of carbonyl (C=O) groups excluding carboxylic acids is 1. The van der Waals surface area contributed by atoms with Gasteiger partial charge in [-0.2, -0.15) is 0 Å². The van der Waals surface area contributed by atoms with Crippen molar-refractivity contribution >= 4 is 21.8 Å². The van der Waals surface area contributed by atoms with Gasteiger partial charge in [0.15, 0.2) is 0 Å². The Balaban J connectivity index is 2.10. The van der Waals surface area contributed by atoms with E-state index >= 15 is 0 Å². The third kappa shape index (κ3) is 5.32.